The molecule has 0 aliphatic rings. The van der Waals surface area contributed by atoms with Crippen molar-refractivity contribution >= 4 is 17.6 Å². The third kappa shape index (κ3) is 5.43. The van der Waals surface area contributed by atoms with E-state index in [1.54, 1.807) is 12.1 Å². The molecule has 0 saturated heterocycles. The molecular formula is C15H23N3O3. The second-order valence-corrected chi connectivity index (χ2v) is 5.50. The number of aryl methyl sites for hydroxylation is 1. The van der Waals surface area contributed by atoms with E-state index >= 15 is 0 Å². The molecular weight excluding hydrogens is 270 g/mol. The van der Waals surface area contributed by atoms with Crippen molar-refractivity contribution in [2.75, 3.05) is 11.9 Å². The molecule has 1 rings (SSSR count). The Morgan fingerprint density at radius 2 is 2.00 bits per heavy atom. The van der Waals surface area contributed by atoms with Gasteiger partial charge in [0.05, 0.1) is 12.6 Å². The van der Waals surface area contributed by atoms with Crippen LogP contribution in [0.25, 0.3) is 0 Å². The molecule has 1 unspecified atom stereocenters. The number of rotatable bonds is 6. The van der Waals surface area contributed by atoms with Gasteiger partial charge in [0.1, 0.15) is 0 Å². The summed E-state index contributed by atoms with van der Waals surface area (Å²) in [6.45, 7) is 5.73. The van der Waals surface area contributed by atoms with Crippen LogP contribution in [0.2, 0.25) is 0 Å². The minimum atomic E-state index is -0.550. The van der Waals surface area contributed by atoms with Crippen LogP contribution in [0.15, 0.2) is 18.2 Å². The number of hydrogen-bond acceptors (Lipinski definition) is 3. The van der Waals surface area contributed by atoms with Crippen LogP contribution in [0.4, 0.5) is 10.5 Å². The third-order valence-corrected chi connectivity index (χ3v) is 3.08. The quantitative estimate of drug-likeness (QED) is 0.640. The van der Waals surface area contributed by atoms with Crippen LogP contribution in [-0.2, 0) is 0 Å². The molecule has 6 nitrogen and oxygen atoms in total. The van der Waals surface area contributed by atoms with Crippen molar-refractivity contribution in [2.24, 2.45) is 11.7 Å². The summed E-state index contributed by atoms with van der Waals surface area (Å²) in [5, 5.41) is 14.6. The van der Waals surface area contributed by atoms with Gasteiger partial charge in [-0.05, 0) is 37.0 Å². The SMILES string of the molecule is Cc1ccc(C(N)=O)cc1NC(=O)NC(CO)CC(C)C. The molecule has 0 spiro atoms. The highest BCUT2D eigenvalue weighted by Crippen LogP contribution is 2.16. The normalized spacial score (nSPS) is 12.0. The van der Waals surface area contributed by atoms with Gasteiger partial charge in [-0.1, -0.05) is 19.9 Å². The number of hydrogen-bond donors (Lipinski definition) is 4. The lowest BCUT2D eigenvalue weighted by molar-refractivity contribution is 0.1000. The van der Waals surface area contributed by atoms with Crippen LogP contribution in [0.3, 0.4) is 0 Å². The molecule has 0 aliphatic heterocycles. The van der Waals surface area contributed by atoms with Crippen molar-refractivity contribution in [3.05, 3.63) is 29.3 Å². The van der Waals surface area contributed by atoms with Gasteiger partial charge in [-0.25, -0.2) is 4.79 Å². The number of carbonyl (C=O) groups excluding carboxylic acids is 2. The Labute approximate surface area is 124 Å². The zero-order valence-corrected chi connectivity index (χ0v) is 12.6. The van der Waals surface area contributed by atoms with Gasteiger partial charge in [0, 0.05) is 11.3 Å². The van der Waals surface area contributed by atoms with Crippen molar-refractivity contribution in [1.29, 1.82) is 0 Å². The van der Waals surface area contributed by atoms with Crippen LogP contribution in [0.5, 0.6) is 0 Å². The Hall–Kier alpha value is -2.08. The molecule has 116 valence electrons. The first-order chi connectivity index (χ1) is 9.83. The fraction of sp³-hybridized carbons (Fsp3) is 0.467. The Morgan fingerprint density at radius 3 is 2.52 bits per heavy atom. The second kappa shape index (κ2) is 7.64. The summed E-state index contributed by atoms with van der Waals surface area (Å²) in [5.74, 6) is -0.186. The molecule has 0 bridgehead atoms. The van der Waals surface area contributed by atoms with E-state index in [0.717, 1.165) is 5.56 Å². The molecule has 0 fully saturated rings. The fourth-order valence-corrected chi connectivity index (χ4v) is 2.00. The zero-order chi connectivity index (χ0) is 16.0. The third-order valence-electron chi connectivity index (χ3n) is 3.08. The van der Waals surface area contributed by atoms with E-state index in [0.29, 0.717) is 23.6 Å². The summed E-state index contributed by atoms with van der Waals surface area (Å²) in [6.07, 6.45) is 0.685. The van der Waals surface area contributed by atoms with Gasteiger partial charge in [-0.2, -0.15) is 0 Å². The Bertz CT molecular complexity index is 515. The molecule has 0 heterocycles. The highest BCUT2D eigenvalue weighted by molar-refractivity contribution is 5.96. The average molecular weight is 293 g/mol. The Balaban J connectivity index is 2.74. The summed E-state index contributed by atoms with van der Waals surface area (Å²) in [7, 11) is 0. The summed E-state index contributed by atoms with van der Waals surface area (Å²) in [6, 6.07) is 4.14. The van der Waals surface area contributed by atoms with Crippen molar-refractivity contribution in [3.8, 4) is 0 Å². The lowest BCUT2D eigenvalue weighted by atomic mass is 10.0. The van der Waals surface area contributed by atoms with Gasteiger partial charge < -0.3 is 21.5 Å². The first kappa shape index (κ1) is 17.0. The highest BCUT2D eigenvalue weighted by atomic mass is 16.3. The molecule has 0 aromatic heterocycles. The Kier molecular flexibility index (Phi) is 6.17. The van der Waals surface area contributed by atoms with Gasteiger partial charge in [0.25, 0.3) is 0 Å². The minimum Gasteiger partial charge on any atom is -0.394 e. The first-order valence-electron chi connectivity index (χ1n) is 6.92. The predicted molar refractivity (Wildman–Crippen MR) is 82.2 cm³/mol. The lowest BCUT2D eigenvalue weighted by Crippen LogP contribution is -2.41. The van der Waals surface area contributed by atoms with Crippen molar-refractivity contribution in [1.82, 2.24) is 5.32 Å². The predicted octanol–water partition coefficient (Wildman–Crippen LogP) is 1.62. The molecule has 21 heavy (non-hydrogen) atoms. The van der Waals surface area contributed by atoms with Gasteiger partial charge in [-0.15, -0.1) is 0 Å². The number of nitrogens with one attached hydrogen (secondary N) is 2. The zero-order valence-electron chi connectivity index (χ0n) is 12.6. The van der Waals surface area contributed by atoms with Crippen molar-refractivity contribution in [2.45, 2.75) is 33.2 Å². The summed E-state index contributed by atoms with van der Waals surface area (Å²) >= 11 is 0. The monoisotopic (exact) mass is 293 g/mol. The largest absolute Gasteiger partial charge is 0.394 e. The molecule has 3 amide bonds. The number of aliphatic hydroxyl groups is 1. The molecule has 6 heteroatoms. The molecule has 0 radical (unpaired) electrons. The van der Waals surface area contributed by atoms with Crippen molar-refractivity contribution < 1.29 is 14.7 Å². The number of amides is 3. The van der Waals surface area contributed by atoms with E-state index in [4.69, 9.17) is 5.73 Å². The minimum absolute atomic E-state index is 0.119. The Morgan fingerprint density at radius 1 is 1.33 bits per heavy atom. The maximum Gasteiger partial charge on any atom is 0.319 e. The van der Waals surface area contributed by atoms with Crippen LogP contribution in [0, 0.1) is 12.8 Å². The van der Waals surface area contributed by atoms with Crippen LogP contribution < -0.4 is 16.4 Å². The maximum atomic E-state index is 11.9. The molecule has 1 atom stereocenters. The molecule has 1 aromatic rings. The summed E-state index contributed by atoms with van der Waals surface area (Å²) in [5.41, 5.74) is 6.89. The van der Waals surface area contributed by atoms with E-state index < -0.39 is 11.9 Å². The number of anilines is 1. The van der Waals surface area contributed by atoms with E-state index in [9.17, 15) is 14.7 Å². The second-order valence-electron chi connectivity index (χ2n) is 5.50. The van der Waals surface area contributed by atoms with E-state index in [-0.39, 0.29) is 12.6 Å². The number of nitrogens with two attached hydrogens (primary N) is 1. The summed E-state index contributed by atoms with van der Waals surface area (Å²) in [4.78, 5) is 23.1. The number of primary amides is 1. The maximum absolute atomic E-state index is 11.9. The highest BCUT2D eigenvalue weighted by Gasteiger charge is 2.14. The van der Waals surface area contributed by atoms with Crippen LogP contribution in [0.1, 0.15) is 36.2 Å². The van der Waals surface area contributed by atoms with Gasteiger partial charge >= 0.3 is 6.03 Å². The fourth-order valence-electron chi connectivity index (χ4n) is 2.00. The summed E-state index contributed by atoms with van der Waals surface area (Å²) < 4.78 is 0. The smallest absolute Gasteiger partial charge is 0.319 e. The number of aliphatic hydroxyl groups excluding tert-OH is 1. The van der Waals surface area contributed by atoms with E-state index in [1.165, 1.54) is 6.07 Å². The number of urea groups is 1. The van der Waals surface area contributed by atoms with Gasteiger partial charge in [0.2, 0.25) is 5.91 Å². The van der Waals surface area contributed by atoms with Crippen molar-refractivity contribution in [3.63, 3.8) is 0 Å². The molecule has 1 aromatic carbocycles. The van der Waals surface area contributed by atoms with Gasteiger partial charge in [0.15, 0.2) is 0 Å². The number of benzene rings is 1. The average Bonchev–Trinajstić information content (AvgIpc) is 2.39. The first-order valence-corrected chi connectivity index (χ1v) is 6.92. The van der Waals surface area contributed by atoms with Gasteiger partial charge in [-0.3, -0.25) is 4.79 Å². The standard InChI is InChI=1S/C15H23N3O3/c1-9(2)6-12(8-19)17-15(21)18-13-7-11(14(16)20)5-4-10(13)3/h4-5,7,9,12,19H,6,8H2,1-3H3,(H2,16,20)(H2,17,18,21). The van der Waals surface area contributed by atoms with Crippen LogP contribution >= 0.6 is 0 Å². The number of carbonyl (C=O) groups is 2. The van der Waals surface area contributed by atoms with Crippen LogP contribution in [-0.4, -0.2) is 29.7 Å². The van der Waals surface area contributed by atoms with E-state index in [1.807, 2.05) is 20.8 Å². The molecule has 0 aliphatic carbocycles. The van der Waals surface area contributed by atoms with E-state index in [2.05, 4.69) is 10.6 Å². The molecule has 5 N–H and O–H groups in total. The lowest BCUT2D eigenvalue weighted by Gasteiger charge is -2.19. The topological polar surface area (TPSA) is 104 Å². The molecule has 0 saturated carbocycles.